The van der Waals surface area contributed by atoms with Gasteiger partial charge in [-0.15, -0.1) is 0 Å². The molecule has 3 aromatic carbocycles. The third-order valence-electron chi connectivity index (χ3n) is 5.64. The molecule has 2 amide bonds. The first kappa shape index (κ1) is 22.5. The zero-order valence-electron chi connectivity index (χ0n) is 18.7. The van der Waals surface area contributed by atoms with Crippen LogP contribution in [0.1, 0.15) is 34.0 Å². The van der Waals surface area contributed by atoms with Crippen molar-refractivity contribution in [2.45, 2.75) is 32.1 Å². The van der Waals surface area contributed by atoms with Gasteiger partial charge in [0.2, 0.25) is 5.91 Å². The highest BCUT2D eigenvalue weighted by atomic mass is 32.2. The molecule has 0 spiro atoms. The number of nitrogens with one attached hydrogen (secondary N) is 2. The van der Waals surface area contributed by atoms with Crippen LogP contribution in [0.4, 0.5) is 17.1 Å². The Hall–Kier alpha value is -3.65. The largest absolute Gasteiger partial charge is 0.322 e. The maximum atomic E-state index is 13.0. The van der Waals surface area contributed by atoms with E-state index < -0.39 is 10.0 Å². The number of carbonyl (C=O) groups excluding carboxylic acids is 2. The number of aryl methyl sites for hydroxylation is 2. The number of anilines is 3. The number of fused-ring (bicyclic) bond motifs is 1. The Labute approximate surface area is 193 Å². The third-order valence-corrected chi connectivity index (χ3v) is 7.02. The molecule has 0 radical (unpaired) electrons. The molecule has 0 fully saturated rings. The van der Waals surface area contributed by atoms with Crippen LogP contribution in [0.15, 0.2) is 65.6 Å². The fourth-order valence-corrected chi connectivity index (χ4v) is 5.06. The monoisotopic (exact) mass is 463 g/mol. The van der Waals surface area contributed by atoms with Crippen molar-refractivity contribution >= 4 is 38.9 Å². The van der Waals surface area contributed by atoms with Crippen molar-refractivity contribution in [3.05, 3.63) is 82.9 Å². The fraction of sp³-hybridized carbons (Fsp3) is 0.200. The fourth-order valence-electron chi connectivity index (χ4n) is 3.96. The van der Waals surface area contributed by atoms with Gasteiger partial charge in [-0.05, 0) is 73.9 Å². The van der Waals surface area contributed by atoms with E-state index in [2.05, 4.69) is 10.0 Å². The van der Waals surface area contributed by atoms with Crippen LogP contribution in [0, 0.1) is 13.8 Å². The number of carbonyl (C=O) groups is 2. The maximum Gasteiger partial charge on any atom is 0.261 e. The highest BCUT2D eigenvalue weighted by Gasteiger charge is 2.25. The molecule has 0 bridgehead atoms. The first-order chi connectivity index (χ1) is 15.6. The summed E-state index contributed by atoms with van der Waals surface area (Å²) in [5.74, 6) is -0.400. The van der Waals surface area contributed by atoms with E-state index in [0.29, 0.717) is 24.2 Å². The van der Waals surface area contributed by atoms with Crippen molar-refractivity contribution in [1.82, 2.24) is 0 Å². The SMILES string of the molecule is CC(=O)N1CCc2cc(S(=O)(=O)Nc3cccc(C(=O)Nc4ccc(C)cc4C)c3)ccc21. The van der Waals surface area contributed by atoms with Crippen molar-refractivity contribution < 1.29 is 18.0 Å². The molecule has 1 aliphatic rings. The predicted octanol–water partition coefficient (Wildman–Crippen LogP) is 4.27. The number of nitrogens with zero attached hydrogens (tertiary/aromatic N) is 1. The first-order valence-corrected chi connectivity index (χ1v) is 12.0. The summed E-state index contributed by atoms with van der Waals surface area (Å²) in [7, 11) is -3.87. The average Bonchev–Trinajstić information content (AvgIpc) is 3.19. The molecule has 3 aromatic rings. The summed E-state index contributed by atoms with van der Waals surface area (Å²) in [6.45, 7) is 5.93. The molecule has 33 heavy (non-hydrogen) atoms. The minimum Gasteiger partial charge on any atom is -0.322 e. The van der Waals surface area contributed by atoms with Gasteiger partial charge in [-0.25, -0.2) is 8.42 Å². The minimum absolute atomic E-state index is 0.0709. The van der Waals surface area contributed by atoms with Crippen molar-refractivity contribution in [2.75, 3.05) is 21.5 Å². The van der Waals surface area contributed by atoms with Crippen LogP contribution >= 0.6 is 0 Å². The smallest absolute Gasteiger partial charge is 0.261 e. The second-order valence-electron chi connectivity index (χ2n) is 8.17. The zero-order valence-corrected chi connectivity index (χ0v) is 19.5. The van der Waals surface area contributed by atoms with Gasteiger partial charge in [-0.3, -0.25) is 14.3 Å². The average molecular weight is 464 g/mol. The summed E-state index contributed by atoms with van der Waals surface area (Å²) in [6.07, 6.45) is 0.604. The Kier molecular flexibility index (Phi) is 5.95. The van der Waals surface area contributed by atoms with Gasteiger partial charge in [0, 0.05) is 36.1 Å². The number of rotatable bonds is 5. The van der Waals surface area contributed by atoms with Crippen LogP contribution in [0.3, 0.4) is 0 Å². The number of sulfonamides is 1. The predicted molar refractivity (Wildman–Crippen MR) is 129 cm³/mol. The van der Waals surface area contributed by atoms with Gasteiger partial charge in [-0.2, -0.15) is 0 Å². The van der Waals surface area contributed by atoms with E-state index in [1.807, 2.05) is 32.0 Å². The van der Waals surface area contributed by atoms with Gasteiger partial charge >= 0.3 is 0 Å². The van der Waals surface area contributed by atoms with Gasteiger partial charge in [-0.1, -0.05) is 23.8 Å². The second kappa shape index (κ2) is 8.71. The molecule has 1 aliphatic heterocycles. The van der Waals surface area contributed by atoms with E-state index in [0.717, 1.165) is 22.4 Å². The molecule has 0 aromatic heterocycles. The summed E-state index contributed by atoms with van der Waals surface area (Å²) in [6, 6.07) is 16.8. The quantitative estimate of drug-likeness (QED) is 0.591. The van der Waals surface area contributed by atoms with E-state index in [4.69, 9.17) is 0 Å². The number of amides is 2. The lowest BCUT2D eigenvalue weighted by Crippen LogP contribution is -2.25. The van der Waals surface area contributed by atoms with Crippen LogP contribution in [-0.2, 0) is 21.2 Å². The highest BCUT2D eigenvalue weighted by molar-refractivity contribution is 7.92. The number of hydrogen-bond donors (Lipinski definition) is 2. The normalized spacial score (nSPS) is 12.9. The molecule has 0 unspecified atom stereocenters. The number of benzene rings is 3. The van der Waals surface area contributed by atoms with Crippen LogP contribution in [0.25, 0.3) is 0 Å². The first-order valence-electron chi connectivity index (χ1n) is 10.6. The van der Waals surface area contributed by atoms with Gasteiger partial charge in [0.1, 0.15) is 0 Å². The minimum atomic E-state index is -3.87. The standard InChI is InChI=1S/C25H25N3O4S/c1-16-7-9-23(17(2)13-16)26-25(30)20-5-4-6-21(14-20)27-33(31,32)22-8-10-24-19(15-22)11-12-28(24)18(3)29/h4-10,13-15,27H,11-12H2,1-3H3,(H,26,30). The van der Waals surface area contributed by atoms with E-state index >= 15 is 0 Å². The maximum absolute atomic E-state index is 13.0. The van der Waals surface area contributed by atoms with Gasteiger partial charge in [0.15, 0.2) is 0 Å². The van der Waals surface area contributed by atoms with Crippen LogP contribution in [0.5, 0.6) is 0 Å². The van der Waals surface area contributed by atoms with E-state index in [9.17, 15) is 18.0 Å². The van der Waals surface area contributed by atoms with E-state index in [1.54, 1.807) is 35.2 Å². The summed E-state index contributed by atoms with van der Waals surface area (Å²) < 4.78 is 28.5. The molecule has 0 saturated heterocycles. The van der Waals surface area contributed by atoms with Crippen LogP contribution < -0.4 is 14.9 Å². The summed E-state index contributed by atoms with van der Waals surface area (Å²) in [5.41, 5.74) is 4.92. The number of hydrogen-bond acceptors (Lipinski definition) is 4. The molecule has 1 heterocycles. The molecule has 0 saturated carbocycles. The Morgan fingerprint density at radius 3 is 2.48 bits per heavy atom. The van der Waals surface area contributed by atoms with Crippen molar-refractivity contribution in [3.8, 4) is 0 Å². The molecule has 170 valence electrons. The van der Waals surface area contributed by atoms with Crippen molar-refractivity contribution in [3.63, 3.8) is 0 Å². The summed E-state index contributed by atoms with van der Waals surface area (Å²) in [4.78, 5) is 26.2. The van der Waals surface area contributed by atoms with Gasteiger partial charge in [0.25, 0.3) is 15.9 Å². The van der Waals surface area contributed by atoms with E-state index in [-0.39, 0.29) is 22.4 Å². The Morgan fingerprint density at radius 1 is 0.970 bits per heavy atom. The molecule has 2 N–H and O–H groups in total. The van der Waals surface area contributed by atoms with Crippen LogP contribution in [-0.4, -0.2) is 26.8 Å². The lowest BCUT2D eigenvalue weighted by atomic mass is 10.1. The van der Waals surface area contributed by atoms with E-state index in [1.165, 1.54) is 19.1 Å². The summed E-state index contributed by atoms with van der Waals surface area (Å²) >= 11 is 0. The van der Waals surface area contributed by atoms with Crippen molar-refractivity contribution in [1.29, 1.82) is 0 Å². The van der Waals surface area contributed by atoms with Crippen LogP contribution in [0.2, 0.25) is 0 Å². The Bertz CT molecular complexity index is 1370. The Morgan fingerprint density at radius 2 is 1.76 bits per heavy atom. The van der Waals surface area contributed by atoms with Gasteiger partial charge < -0.3 is 10.2 Å². The molecule has 4 rings (SSSR count). The molecular formula is C25H25N3O4S. The third kappa shape index (κ3) is 4.75. The molecule has 0 atom stereocenters. The molecular weight excluding hydrogens is 438 g/mol. The Balaban J connectivity index is 1.53. The molecule has 7 nitrogen and oxygen atoms in total. The lowest BCUT2D eigenvalue weighted by Gasteiger charge is -2.15. The highest BCUT2D eigenvalue weighted by Crippen LogP contribution is 2.31. The van der Waals surface area contributed by atoms with Gasteiger partial charge in [0.05, 0.1) is 4.90 Å². The van der Waals surface area contributed by atoms with Crippen molar-refractivity contribution in [2.24, 2.45) is 0 Å². The lowest BCUT2D eigenvalue weighted by molar-refractivity contribution is -0.116. The molecule has 0 aliphatic carbocycles. The summed E-state index contributed by atoms with van der Waals surface area (Å²) in [5, 5.41) is 2.87. The second-order valence-corrected chi connectivity index (χ2v) is 9.85. The molecule has 8 heteroatoms. The zero-order chi connectivity index (χ0) is 23.8. The topological polar surface area (TPSA) is 95.6 Å².